The number of benzene rings is 1. The predicted molar refractivity (Wildman–Crippen MR) is 88.3 cm³/mol. The van der Waals surface area contributed by atoms with Gasteiger partial charge in [0.05, 0.1) is 0 Å². The number of likely N-dealkylation sites (tertiary alicyclic amines) is 1. The molecule has 22 heavy (non-hydrogen) atoms. The number of aromatic nitrogens is 1. The third-order valence-corrected chi connectivity index (χ3v) is 5.13. The summed E-state index contributed by atoms with van der Waals surface area (Å²) in [6.45, 7) is 2.80. The molecule has 0 saturated carbocycles. The molecule has 2 bridgehead atoms. The first kappa shape index (κ1) is 14.2. The van der Waals surface area contributed by atoms with Crippen LogP contribution >= 0.6 is 15.9 Å². The number of pyridine rings is 1. The van der Waals surface area contributed by atoms with E-state index < -0.39 is 0 Å². The van der Waals surface area contributed by atoms with Crippen molar-refractivity contribution in [3.05, 3.63) is 58.4 Å². The molecule has 114 valence electrons. The fourth-order valence-corrected chi connectivity index (χ4v) is 4.11. The van der Waals surface area contributed by atoms with Crippen molar-refractivity contribution in [2.24, 2.45) is 0 Å². The first-order valence-electron chi connectivity index (χ1n) is 7.56. The number of nitrogens with zero attached hydrogens (tertiary/aromatic N) is 3. The summed E-state index contributed by atoms with van der Waals surface area (Å²) in [6.07, 6.45) is 2.77. The number of anilines is 1. The third-order valence-electron chi connectivity index (χ3n) is 4.64. The Labute approximate surface area is 137 Å². The van der Waals surface area contributed by atoms with Crippen molar-refractivity contribution >= 4 is 21.7 Å². The Hall–Kier alpha value is -1.46. The Kier molecular flexibility index (Phi) is 3.62. The minimum absolute atomic E-state index is 0.214. The van der Waals surface area contributed by atoms with Crippen molar-refractivity contribution in [2.45, 2.75) is 25.0 Å². The standard InChI is InChI=1S/C17H17BrFN3/c18-13-4-1-3-12(7-13)9-21-10-15-8-14(21)11-22(15)17-16(19)5-2-6-20-17/h1-7,14-15H,8-11H2. The second kappa shape index (κ2) is 5.63. The van der Waals surface area contributed by atoms with Crippen LogP contribution in [0.25, 0.3) is 0 Å². The molecule has 2 aromatic rings. The second-order valence-corrected chi connectivity index (χ2v) is 6.98. The number of piperazine rings is 1. The maximum atomic E-state index is 13.9. The summed E-state index contributed by atoms with van der Waals surface area (Å²) in [7, 11) is 0. The molecular weight excluding hydrogens is 345 g/mol. The van der Waals surface area contributed by atoms with Crippen molar-refractivity contribution in [3.63, 3.8) is 0 Å². The van der Waals surface area contributed by atoms with E-state index in [-0.39, 0.29) is 5.82 Å². The molecule has 5 heteroatoms. The lowest BCUT2D eigenvalue weighted by Crippen LogP contribution is -2.46. The van der Waals surface area contributed by atoms with Crippen LogP contribution in [0.2, 0.25) is 0 Å². The Balaban J connectivity index is 1.47. The maximum absolute atomic E-state index is 13.9. The monoisotopic (exact) mass is 361 g/mol. The summed E-state index contributed by atoms with van der Waals surface area (Å²) in [5.74, 6) is 0.297. The van der Waals surface area contributed by atoms with Gasteiger partial charge in [-0.2, -0.15) is 0 Å². The molecule has 1 aromatic heterocycles. The van der Waals surface area contributed by atoms with Gasteiger partial charge in [-0.3, -0.25) is 4.90 Å². The Morgan fingerprint density at radius 1 is 1.18 bits per heavy atom. The third kappa shape index (κ3) is 2.52. The lowest BCUT2D eigenvalue weighted by atomic mass is 10.2. The van der Waals surface area contributed by atoms with Crippen LogP contribution in [-0.4, -0.2) is 35.1 Å². The lowest BCUT2D eigenvalue weighted by molar-refractivity contribution is 0.229. The van der Waals surface area contributed by atoms with Crippen molar-refractivity contribution in [1.82, 2.24) is 9.88 Å². The first-order chi connectivity index (χ1) is 10.7. The van der Waals surface area contributed by atoms with Gasteiger partial charge in [0.25, 0.3) is 0 Å². The fourth-order valence-electron chi connectivity index (χ4n) is 3.66. The van der Waals surface area contributed by atoms with Crippen LogP contribution in [0.15, 0.2) is 47.1 Å². The fraction of sp³-hybridized carbons (Fsp3) is 0.353. The lowest BCUT2D eigenvalue weighted by Gasteiger charge is -2.35. The average Bonchev–Trinajstić information content (AvgIpc) is 3.08. The Morgan fingerprint density at radius 3 is 2.82 bits per heavy atom. The Bertz CT molecular complexity index is 693. The van der Waals surface area contributed by atoms with E-state index in [1.165, 1.54) is 11.6 Å². The molecule has 0 amide bonds. The molecule has 3 heterocycles. The number of halogens is 2. The van der Waals surface area contributed by atoms with Gasteiger partial charge in [-0.15, -0.1) is 0 Å². The van der Waals surface area contributed by atoms with Crippen molar-refractivity contribution in [3.8, 4) is 0 Å². The van der Waals surface area contributed by atoms with Gasteiger partial charge in [0.15, 0.2) is 11.6 Å². The van der Waals surface area contributed by atoms with E-state index in [1.54, 1.807) is 12.3 Å². The van der Waals surface area contributed by atoms with E-state index in [4.69, 9.17) is 0 Å². The second-order valence-electron chi connectivity index (χ2n) is 6.06. The van der Waals surface area contributed by atoms with E-state index >= 15 is 0 Å². The van der Waals surface area contributed by atoms with E-state index in [2.05, 4.69) is 48.9 Å². The van der Waals surface area contributed by atoms with Gasteiger partial charge in [-0.1, -0.05) is 28.1 Å². The average molecular weight is 362 g/mol. The van der Waals surface area contributed by atoms with Crippen molar-refractivity contribution in [1.29, 1.82) is 0 Å². The molecule has 2 saturated heterocycles. The zero-order valence-corrected chi connectivity index (χ0v) is 13.7. The summed E-state index contributed by atoms with van der Waals surface area (Å²) in [4.78, 5) is 8.87. The highest BCUT2D eigenvalue weighted by Gasteiger charge is 2.44. The van der Waals surface area contributed by atoms with Crippen LogP contribution in [0.4, 0.5) is 10.2 Å². The minimum Gasteiger partial charge on any atom is -0.348 e. The van der Waals surface area contributed by atoms with E-state index in [0.717, 1.165) is 30.5 Å². The summed E-state index contributed by atoms with van der Waals surface area (Å²) in [5, 5.41) is 0. The molecule has 2 aliphatic rings. The molecule has 0 N–H and O–H groups in total. The molecule has 2 aliphatic heterocycles. The topological polar surface area (TPSA) is 19.4 Å². The highest BCUT2D eigenvalue weighted by molar-refractivity contribution is 9.10. The molecule has 2 atom stereocenters. The van der Waals surface area contributed by atoms with E-state index in [9.17, 15) is 4.39 Å². The number of fused-ring (bicyclic) bond motifs is 2. The van der Waals surface area contributed by atoms with Crippen LogP contribution in [0.1, 0.15) is 12.0 Å². The minimum atomic E-state index is -0.214. The molecule has 0 radical (unpaired) electrons. The SMILES string of the molecule is Fc1cccnc1N1CC2CC1CN2Cc1cccc(Br)c1. The first-order valence-corrected chi connectivity index (χ1v) is 8.35. The van der Waals surface area contributed by atoms with Gasteiger partial charge < -0.3 is 4.90 Å². The molecule has 0 aliphatic carbocycles. The van der Waals surface area contributed by atoms with Gasteiger partial charge in [-0.05, 0) is 36.2 Å². The van der Waals surface area contributed by atoms with Crippen LogP contribution in [0, 0.1) is 5.82 Å². The van der Waals surface area contributed by atoms with Gasteiger partial charge in [0.2, 0.25) is 0 Å². The molecule has 1 aromatic carbocycles. The molecule has 0 spiro atoms. The zero-order valence-electron chi connectivity index (χ0n) is 12.1. The van der Waals surface area contributed by atoms with E-state index in [0.29, 0.717) is 17.9 Å². The largest absolute Gasteiger partial charge is 0.348 e. The zero-order chi connectivity index (χ0) is 15.1. The predicted octanol–water partition coefficient (Wildman–Crippen LogP) is 3.45. The van der Waals surface area contributed by atoms with E-state index in [1.807, 2.05) is 6.07 Å². The molecule has 2 unspecified atom stereocenters. The van der Waals surface area contributed by atoms with Gasteiger partial charge >= 0.3 is 0 Å². The maximum Gasteiger partial charge on any atom is 0.165 e. The van der Waals surface area contributed by atoms with Crippen LogP contribution in [0.3, 0.4) is 0 Å². The number of hydrogen-bond acceptors (Lipinski definition) is 3. The summed E-state index contributed by atoms with van der Waals surface area (Å²) in [5.41, 5.74) is 1.32. The smallest absolute Gasteiger partial charge is 0.165 e. The van der Waals surface area contributed by atoms with Crippen LogP contribution < -0.4 is 4.90 Å². The van der Waals surface area contributed by atoms with Gasteiger partial charge in [-0.25, -0.2) is 9.37 Å². The molecule has 2 fully saturated rings. The molecule has 4 rings (SSSR count). The van der Waals surface area contributed by atoms with Gasteiger partial charge in [0.1, 0.15) is 0 Å². The highest BCUT2D eigenvalue weighted by Crippen LogP contribution is 2.35. The summed E-state index contributed by atoms with van der Waals surface area (Å²) >= 11 is 3.52. The van der Waals surface area contributed by atoms with Gasteiger partial charge in [0, 0.05) is 42.4 Å². The highest BCUT2D eigenvalue weighted by atomic mass is 79.9. The summed E-state index contributed by atoms with van der Waals surface area (Å²) < 4.78 is 15.0. The van der Waals surface area contributed by atoms with Crippen molar-refractivity contribution < 1.29 is 4.39 Å². The Morgan fingerprint density at radius 2 is 2.09 bits per heavy atom. The van der Waals surface area contributed by atoms with Crippen molar-refractivity contribution in [2.75, 3.05) is 18.0 Å². The van der Waals surface area contributed by atoms with Crippen LogP contribution in [-0.2, 0) is 6.54 Å². The summed E-state index contributed by atoms with van der Waals surface area (Å²) in [6, 6.07) is 12.5. The number of rotatable bonds is 3. The number of hydrogen-bond donors (Lipinski definition) is 0. The molecular formula is C17H17BrFN3. The molecule has 3 nitrogen and oxygen atoms in total. The normalized spacial score (nSPS) is 24.2. The quantitative estimate of drug-likeness (QED) is 0.834. The van der Waals surface area contributed by atoms with Crippen LogP contribution in [0.5, 0.6) is 0 Å².